The zero-order chi connectivity index (χ0) is 22.6. The van der Waals surface area contributed by atoms with Crippen LogP contribution in [0.3, 0.4) is 0 Å². The monoisotopic (exact) mass is 428 g/mol. The summed E-state index contributed by atoms with van der Waals surface area (Å²) in [6, 6.07) is 17.8. The Morgan fingerprint density at radius 3 is 2.53 bits per heavy atom. The lowest BCUT2D eigenvalue weighted by Gasteiger charge is -2.41. The number of benzene rings is 2. The van der Waals surface area contributed by atoms with Crippen LogP contribution in [0.2, 0.25) is 0 Å². The van der Waals surface area contributed by atoms with Gasteiger partial charge in [0.25, 0.3) is 5.91 Å². The lowest BCUT2D eigenvalue weighted by molar-refractivity contribution is 0.0351. The molecule has 1 fully saturated rings. The number of nitrogens with zero attached hydrogens (tertiary/aromatic N) is 4. The van der Waals surface area contributed by atoms with Crippen molar-refractivity contribution in [1.82, 2.24) is 14.5 Å². The minimum absolute atomic E-state index is 0.0291. The molecule has 1 aliphatic rings. The van der Waals surface area contributed by atoms with Crippen LogP contribution in [0.15, 0.2) is 61.1 Å². The second-order valence-electron chi connectivity index (χ2n) is 8.77. The average molecular weight is 429 g/mol. The molecule has 32 heavy (non-hydrogen) atoms. The van der Waals surface area contributed by atoms with E-state index in [1.807, 2.05) is 33.7 Å². The van der Waals surface area contributed by atoms with Gasteiger partial charge in [-0.15, -0.1) is 0 Å². The van der Waals surface area contributed by atoms with Crippen molar-refractivity contribution in [3.05, 3.63) is 89.0 Å². The van der Waals surface area contributed by atoms with Gasteiger partial charge < -0.3 is 14.6 Å². The van der Waals surface area contributed by atoms with Gasteiger partial charge in [-0.05, 0) is 55.0 Å². The molecule has 1 aromatic heterocycles. The Balaban J connectivity index is 1.43. The number of nitriles is 1. The number of piperidine rings is 1. The topological polar surface area (TPSA) is 82.2 Å². The summed E-state index contributed by atoms with van der Waals surface area (Å²) in [7, 11) is 0. The summed E-state index contributed by atoms with van der Waals surface area (Å²) in [5.41, 5.74) is 4.50. The number of likely N-dealkylation sites (tertiary alicyclic amines) is 1. The summed E-state index contributed by atoms with van der Waals surface area (Å²) in [6.07, 6.45) is 5.66. The molecule has 2 heterocycles. The second-order valence-corrected chi connectivity index (χ2v) is 8.77. The number of aryl methyl sites for hydroxylation is 1. The van der Waals surface area contributed by atoms with Crippen molar-refractivity contribution in [3.8, 4) is 6.07 Å². The van der Waals surface area contributed by atoms with Crippen LogP contribution in [0.5, 0.6) is 0 Å². The summed E-state index contributed by atoms with van der Waals surface area (Å²) >= 11 is 0. The first-order chi connectivity index (χ1) is 15.5. The number of amides is 1. The average Bonchev–Trinajstić information content (AvgIpc) is 3.29. The summed E-state index contributed by atoms with van der Waals surface area (Å²) in [4.78, 5) is 19.3. The molecule has 1 amide bonds. The van der Waals surface area contributed by atoms with Gasteiger partial charge in [-0.2, -0.15) is 5.26 Å². The van der Waals surface area contributed by atoms with E-state index in [0.29, 0.717) is 30.9 Å². The normalized spacial score (nSPS) is 15.3. The summed E-state index contributed by atoms with van der Waals surface area (Å²) in [6.45, 7) is 3.99. The quantitative estimate of drug-likeness (QED) is 0.651. The van der Waals surface area contributed by atoms with Crippen LogP contribution in [0.4, 0.5) is 0 Å². The van der Waals surface area contributed by atoms with Gasteiger partial charge in [-0.3, -0.25) is 4.79 Å². The van der Waals surface area contributed by atoms with Gasteiger partial charge in [0.1, 0.15) is 5.69 Å². The number of carbonyl (C=O) groups is 1. The zero-order valence-corrected chi connectivity index (χ0v) is 18.4. The first kappa shape index (κ1) is 21.8. The van der Waals surface area contributed by atoms with E-state index in [4.69, 9.17) is 5.26 Å². The van der Waals surface area contributed by atoms with Crippen LogP contribution in [0, 0.1) is 23.7 Å². The molecule has 0 aliphatic carbocycles. The highest BCUT2D eigenvalue weighted by molar-refractivity contribution is 5.92. The van der Waals surface area contributed by atoms with Gasteiger partial charge >= 0.3 is 0 Å². The van der Waals surface area contributed by atoms with E-state index in [9.17, 15) is 9.90 Å². The lowest BCUT2D eigenvalue weighted by Crippen LogP contribution is -2.46. The Morgan fingerprint density at radius 1 is 1.16 bits per heavy atom. The highest BCUT2D eigenvalue weighted by Crippen LogP contribution is 2.36. The molecule has 0 radical (unpaired) electrons. The summed E-state index contributed by atoms with van der Waals surface area (Å²) < 4.78 is 1.85. The summed E-state index contributed by atoms with van der Waals surface area (Å²) in [5.74, 6) is -0.0291. The van der Waals surface area contributed by atoms with Crippen LogP contribution in [-0.4, -0.2) is 45.2 Å². The number of rotatable bonds is 6. The molecule has 0 saturated carbocycles. The molecular formula is C26H28N4O2. The smallest absolute Gasteiger partial charge is 0.272 e. The molecule has 0 unspecified atom stereocenters. The van der Waals surface area contributed by atoms with Crippen LogP contribution >= 0.6 is 0 Å². The maximum atomic E-state index is 13.2. The predicted molar refractivity (Wildman–Crippen MR) is 122 cm³/mol. The fourth-order valence-electron chi connectivity index (χ4n) is 4.46. The maximum absolute atomic E-state index is 13.2. The van der Waals surface area contributed by atoms with Gasteiger partial charge in [-0.25, -0.2) is 4.98 Å². The van der Waals surface area contributed by atoms with Gasteiger partial charge in [0.15, 0.2) is 0 Å². The van der Waals surface area contributed by atoms with E-state index in [0.717, 1.165) is 24.8 Å². The van der Waals surface area contributed by atoms with E-state index in [-0.39, 0.29) is 17.9 Å². The third-order valence-corrected chi connectivity index (χ3v) is 6.64. The lowest BCUT2D eigenvalue weighted by atomic mass is 9.74. The third kappa shape index (κ3) is 4.58. The Hall–Kier alpha value is -3.43. The van der Waals surface area contributed by atoms with E-state index in [1.165, 1.54) is 11.1 Å². The molecular weight excluding hydrogens is 400 g/mol. The SMILES string of the molecule is Cc1ccccc1CC1(CO)CCN(C(=O)c2cncn2Cc2ccc(C#N)cc2)CC1. The minimum Gasteiger partial charge on any atom is -0.396 e. The van der Waals surface area contributed by atoms with Gasteiger partial charge in [0.2, 0.25) is 0 Å². The minimum atomic E-state index is -0.189. The van der Waals surface area contributed by atoms with Gasteiger partial charge in [0, 0.05) is 31.7 Å². The van der Waals surface area contributed by atoms with E-state index in [1.54, 1.807) is 24.7 Å². The first-order valence-electron chi connectivity index (χ1n) is 11.0. The second kappa shape index (κ2) is 9.37. The number of hydrogen-bond acceptors (Lipinski definition) is 4. The van der Waals surface area contributed by atoms with Crippen molar-refractivity contribution in [1.29, 1.82) is 5.26 Å². The number of aliphatic hydroxyl groups excluding tert-OH is 1. The third-order valence-electron chi connectivity index (χ3n) is 6.64. The molecule has 2 aromatic carbocycles. The highest BCUT2D eigenvalue weighted by atomic mass is 16.3. The number of imidazole rings is 1. The van der Waals surface area contributed by atoms with E-state index >= 15 is 0 Å². The molecule has 1 N–H and O–H groups in total. The number of aromatic nitrogens is 2. The van der Waals surface area contributed by atoms with Gasteiger partial charge in [-0.1, -0.05) is 36.4 Å². The Kier molecular flexibility index (Phi) is 6.38. The number of aliphatic hydroxyl groups is 1. The standard InChI is InChI=1S/C26H28N4O2/c1-20-4-2-3-5-23(20)14-26(18-31)10-12-29(13-11-26)25(32)24-16-28-19-30(24)17-22-8-6-21(15-27)7-9-22/h2-9,16,19,31H,10-14,17-18H2,1H3. The molecule has 6 heteroatoms. The molecule has 1 saturated heterocycles. The van der Waals surface area contributed by atoms with Crippen LogP contribution < -0.4 is 0 Å². The Bertz CT molecular complexity index is 1120. The van der Waals surface area contributed by atoms with Crippen LogP contribution in [-0.2, 0) is 13.0 Å². The molecule has 164 valence electrons. The molecule has 0 spiro atoms. The Labute approximate surface area is 188 Å². The molecule has 0 atom stereocenters. The Morgan fingerprint density at radius 2 is 1.88 bits per heavy atom. The van der Waals surface area contributed by atoms with Crippen LogP contribution in [0.1, 0.15) is 45.6 Å². The molecule has 0 bridgehead atoms. The highest BCUT2D eigenvalue weighted by Gasteiger charge is 2.36. The molecule has 4 rings (SSSR count). The van der Waals surface area contributed by atoms with Crippen molar-refractivity contribution < 1.29 is 9.90 Å². The fourth-order valence-corrected chi connectivity index (χ4v) is 4.46. The maximum Gasteiger partial charge on any atom is 0.272 e. The molecule has 3 aromatic rings. The fraction of sp³-hybridized carbons (Fsp3) is 0.346. The molecule has 1 aliphatic heterocycles. The first-order valence-corrected chi connectivity index (χ1v) is 11.0. The van der Waals surface area contributed by atoms with Crippen molar-refractivity contribution in [2.45, 2.75) is 32.7 Å². The number of hydrogen-bond donors (Lipinski definition) is 1. The van der Waals surface area contributed by atoms with E-state index < -0.39 is 0 Å². The summed E-state index contributed by atoms with van der Waals surface area (Å²) in [5, 5.41) is 19.2. The molecule has 6 nitrogen and oxygen atoms in total. The zero-order valence-electron chi connectivity index (χ0n) is 18.4. The van der Waals surface area contributed by atoms with Crippen molar-refractivity contribution in [2.24, 2.45) is 5.41 Å². The number of carbonyl (C=O) groups excluding carboxylic acids is 1. The van der Waals surface area contributed by atoms with Crippen molar-refractivity contribution in [3.63, 3.8) is 0 Å². The van der Waals surface area contributed by atoms with Crippen molar-refractivity contribution >= 4 is 5.91 Å². The van der Waals surface area contributed by atoms with Crippen LogP contribution in [0.25, 0.3) is 0 Å². The predicted octanol–water partition coefficient (Wildman–Crippen LogP) is 3.57. The van der Waals surface area contributed by atoms with Crippen molar-refractivity contribution in [2.75, 3.05) is 19.7 Å². The van der Waals surface area contributed by atoms with E-state index in [2.05, 4.69) is 30.1 Å². The largest absolute Gasteiger partial charge is 0.396 e. The van der Waals surface area contributed by atoms with Gasteiger partial charge in [0.05, 0.1) is 24.2 Å².